The molecule has 2 aromatic rings. The standard InChI is InChI=1S/C18H22FN3O2S/c19-17-3-1-16(2-4-17)14-25(23,24)21-13-15-7-11-22(12-8-15)18-5-9-20-10-6-18/h1-6,9-10,15,21H,7-8,11-14H2. The van der Waals surface area contributed by atoms with Gasteiger partial charge in [-0.15, -0.1) is 0 Å². The quantitative estimate of drug-likeness (QED) is 0.857. The fourth-order valence-corrected chi connectivity index (χ4v) is 4.27. The maximum absolute atomic E-state index is 12.9. The van der Waals surface area contributed by atoms with Gasteiger partial charge in [0, 0.05) is 37.7 Å². The van der Waals surface area contributed by atoms with Crippen molar-refractivity contribution in [1.29, 1.82) is 0 Å². The minimum atomic E-state index is -3.41. The molecule has 7 heteroatoms. The van der Waals surface area contributed by atoms with E-state index in [2.05, 4.69) is 14.6 Å². The third kappa shape index (κ3) is 5.24. The van der Waals surface area contributed by atoms with E-state index in [0.29, 0.717) is 18.0 Å². The van der Waals surface area contributed by atoms with Gasteiger partial charge in [0.05, 0.1) is 5.75 Å². The molecule has 3 rings (SSSR count). The van der Waals surface area contributed by atoms with Crippen molar-refractivity contribution < 1.29 is 12.8 Å². The summed E-state index contributed by atoms with van der Waals surface area (Å²) in [7, 11) is -3.41. The molecule has 0 radical (unpaired) electrons. The Hall–Kier alpha value is -1.99. The second kappa shape index (κ2) is 7.93. The van der Waals surface area contributed by atoms with E-state index in [1.54, 1.807) is 12.4 Å². The van der Waals surface area contributed by atoms with Gasteiger partial charge in [-0.3, -0.25) is 4.98 Å². The molecule has 1 N–H and O–H groups in total. The molecule has 0 atom stereocenters. The molecule has 1 aliphatic rings. The van der Waals surface area contributed by atoms with Crippen molar-refractivity contribution in [2.45, 2.75) is 18.6 Å². The van der Waals surface area contributed by atoms with Gasteiger partial charge in [0.25, 0.3) is 0 Å². The van der Waals surface area contributed by atoms with E-state index in [9.17, 15) is 12.8 Å². The Balaban J connectivity index is 1.46. The van der Waals surface area contributed by atoms with E-state index >= 15 is 0 Å². The number of piperidine rings is 1. The predicted octanol–water partition coefficient (Wildman–Crippen LogP) is 2.56. The number of nitrogens with one attached hydrogen (secondary N) is 1. The van der Waals surface area contributed by atoms with E-state index in [4.69, 9.17) is 0 Å². The molecule has 0 spiro atoms. The normalized spacial score (nSPS) is 16.1. The van der Waals surface area contributed by atoms with Crippen LogP contribution in [0.2, 0.25) is 0 Å². The molecule has 0 amide bonds. The Bertz CT molecular complexity index is 774. The van der Waals surface area contributed by atoms with Crippen molar-refractivity contribution in [2.24, 2.45) is 5.92 Å². The van der Waals surface area contributed by atoms with Crippen molar-refractivity contribution in [3.8, 4) is 0 Å². The van der Waals surface area contributed by atoms with Gasteiger partial charge in [-0.1, -0.05) is 12.1 Å². The monoisotopic (exact) mass is 363 g/mol. The van der Waals surface area contributed by atoms with E-state index < -0.39 is 10.0 Å². The number of pyridine rings is 1. The van der Waals surface area contributed by atoms with E-state index in [-0.39, 0.29) is 11.6 Å². The molecule has 1 saturated heterocycles. The number of hydrogen-bond donors (Lipinski definition) is 1. The summed E-state index contributed by atoms with van der Waals surface area (Å²) in [5.74, 6) is -0.153. The van der Waals surface area contributed by atoms with Gasteiger partial charge < -0.3 is 4.90 Å². The minimum absolute atomic E-state index is 0.122. The third-order valence-electron chi connectivity index (χ3n) is 4.50. The molecule has 1 aliphatic heterocycles. The minimum Gasteiger partial charge on any atom is -0.371 e. The highest BCUT2D eigenvalue weighted by Crippen LogP contribution is 2.22. The lowest BCUT2D eigenvalue weighted by Crippen LogP contribution is -2.38. The highest BCUT2D eigenvalue weighted by Gasteiger charge is 2.21. The maximum Gasteiger partial charge on any atom is 0.215 e. The van der Waals surface area contributed by atoms with Gasteiger partial charge >= 0.3 is 0 Å². The average molecular weight is 363 g/mol. The number of aromatic nitrogens is 1. The summed E-state index contributed by atoms with van der Waals surface area (Å²) in [5, 5.41) is 0. The lowest BCUT2D eigenvalue weighted by atomic mass is 9.97. The first-order valence-electron chi connectivity index (χ1n) is 8.38. The first-order chi connectivity index (χ1) is 12.0. The summed E-state index contributed by atoms with van der Waals surface area (Å²) >= 11 is 0. The van der Waals surface area contributed by atoms with Crippen LogP contribution < -0.4 is 9.62 Å². The molecule has 0 aliphatic carbocycles. The summed E-state index contributed by atoms with van der Waals surface area (Å²) < 4.78 is 40.0. The number of benzene rings is 1. The van der Waals surface area contributed by atoms with Gasteiger partial charge in [0.15, 0.2) is 0 Å². The molecule has 0 unspecified atom stereocenters. The zero-order chi connectivity index (χ0) is 17.7. The van der Waals surface area contributed by atoms with E-state index in [1.165, 1.54) is 24.3 Å². The van der Waals surface area contributed by atoms with Crippen LogP contribution in [0.1, 0.15) is 18.4 Å². The van der Waals surface area contributed by atoms with E-state index in [1.807, 2.05) is 12.1 Å². The molecule has 1 aromatic heterocycles. The topological polar surface area (TPSA) is 62.3 Å². The van der Waals surface area contributed by atoms with Crippen molar-refractivity contribution in [2.75, 3.05) is 24.5 Å². The molecular formula is C18H22FN3O2S. The van der Waals surface area contributed by atoms with Crippen LogP contribution in [0.15, 0.2) is 48.8 Å². The highest BCUT2D eigenvalue weighted by molar-refractivity contribution is 7.88. The second-order valence-electron chi connectivity index (χ2n) is 6.37. The Morgan fingerprint density at radius 3 is 2.36 bits per heavy atom. The molecule has 0 bridgehead atoms. The predicted molar refractivity (Wildman–Crippen MR) is 96.2 cm³/mol. The first kappa shape index (κ1) is 17.8. The largest absolute Gasteiger partial charge is 0.371 e. The number of sulfonamides is 1. The summed E-state index contributed by atoms with van der Waals surface area (Å²) in [6.07, 6.45) is 5.46. The van der Waals surface area contributed by atoms with Crippen LogP contribution in [0.5, 0.6) is 0 Å². The summed E-state index contributed by atoms with van der Waals surface area (Å²) in [4.78, 5) is 6.32. The molecule has 25 heavy (non-hydrogen) atoms. The molecule has 0 saturated carbocycles. The maximum atomic E-state index is 12.9. The average Bonchev–Trinajstić information content (AvgIpc) is 2.63. The molecule has 2 heterocycles. The van der Waals surface area contributed by atoms with E-state index in [0.717, 1.165) is 31.6 Å². The van der Waals surface area contributed by atoms with Crippen LogP contribution in [0.3, 0.4) is 0 Å². The Morgan fingerprint density at radius 2 is 1.72 bits per heavy atom. The fourth-order valence-electron chi connectivity index (χ4n) is 3.05. The Labute approximate surface area is 147 Å². The third-order valence-corrected chi connectivity index (χ3v) is 5.82. The molecular weight excluding hydrogens is 341 g/mol. The number of nitrogens with zero attached hydrogens (tertiary/aromatic N) is 2. The highest BCUT2D eigenvalue weighted by atomic mass is 32.2. The van der Waals surface area contributed by atoms with Gasteiger partial charge in [-0.05, 0) is 48.6 Å². The van der Waals surface area contributed by atoms with Crippen LogP contribution in [0, 0.1) is 11.7 Å². The van der Waals surface area contributed by atoms with Crippen molar-refractivity contribution in [3.63, 3.8) is 0 Å². The van der Waals surface area contributed by atoms with Crippen molar-refractivity contribution >= 4 is 15.7 Å². The Kier molecular flexibility index (Phi) is 5.65. The summed E-state index contributed by atoms with van der Waals surface area (Å²) in [6.45, 7) is 2.27. The molecule has 1 aromatic carbocycles. The zero-order valence-electron chi connectivity index (χ0n) is 13.9. The number of halogens is 1. The number of hydrogen-bond acceptors (Lipinski definition) is 4. The van der Waals surface area contributed by atoms with Gasteiger partial charge in [-0.2, -0.15) is 0 Å². The SMILES string of the molecule is O=S(=O)(Cc1ccc(F)cc1)NCC1CCN(c2ccncc2)CC1. The van der Waals surface area contributed by atoms with Gasteiger partial charge in [-0.25, -0.2) is 17.5 Å². The summed E-state index contributed by atoms with van der Waals surface area (Å²) in [5.41, 5.74) is 1.74. The van der Waals surface area contributed by atoms with Crippen LogP contribution >= 0.6 is 0 Å². The van der Waals surface area contributed by atoms with Crippen LogP contribution in [0.4, 0.5) is 10.1 Å². The van der Waals surface area contributed by atoms with Gasteiger partial charge in [0.2, 0.25) is 10.0 Å². The number of rotatable bonds is 6. The lowest BCUT2D eigenvalue weighted by molar-refractivity contribution is 0.402. The fraction of sp³-hybridized carbons (Fsp3) is 0.389. The first-order valence-corrected chi connectivity index (χ1v) is 10.0. The molecule has 1 fully saturated rings. The number of anilines is 1. The molecule has 5 nitrogen and oxygen atoms in total. The van der Waals surface area contributed by atoms with Crippen molar-refractivity contribution in [3.05, 3.63) is 60.2 Å². The van der Waals surface area contributed by atoms with Crippen LogP contribution in [-0.2, 0) is 15.8 Å². The van der Waals surface area contributed by atoms with Crippen LogP contribution in [0.25, 0.3) is 0 Å². The molecule has 134 valence electrons. The van der Waals surface area contributed by atoms with Crippen LogP contribution in [-0.4, -0.2) is 33.0 Å². The zero-order valence-corrected chi connectivity index (χ0v) is 14.8. The Morgan fingerprint density at radius 1 is 1.08 bits per heavy atom. The lowest BCUT2D eigenvalue weighted by Gasteiger charge is -2.33. The smallest absolute Gasteiger partial charge is 0.215 e. The van der Waals surface area contributed by atoms with Gasteiger partial charge in [0.1, 0.15) is 5.82 Å². The summed E-state index contributed by atoms with van der Waals surface area (Å²) in [6, 6.07) is 9.54. The second-order valence-corrected chi connectivity index (χ2v) is 8.18. The van der Waals surface area contributed by atoms with Crippen molar-refractivity contribution in [1.82, 2.24) is 9.71 Å².